The normalized spacial score (nSPS) is 13.1. The average Bonchev–Trinajstić information content (AvgIpc) is 2.19. The molecule has 1 aromatic rings. The van der Waals surface area contributed by atoms with Crippen molar-refractivity contribution >= 4 is 6.40 Å². The third kappa shape index (κ3) is 3.74. The van der Waals surface area contributed by atoms with Gasteiger partial charge in [0.15, 0.2) is 6.40 Å². The Bertz CT molecular complexity index is 256. The van der Waals surface area contributed by atoms with Crippen LogP contribution in [0.5, 0.6) is 5.75 Å². The van der Waals surface area contributed by atoms with E-state index in [1.54, 1.807) is 0 Å². The molecular weight excluding hydrogens is 162 g/mol. The highest BCUT2D eigenvalue weighted by Gasteiger charge is 1.91. The molecule has 0 heterocycles. The molecule has 0 N–H and O–H groups in total. The Morgan fingerprint density at radius 2 is 2.08 bits per heavy atom. The van der Waals surface area contributed by atoms with Crippen LogP contribution in [0.4, 0.5) is 0 Å². The maximum atomic E-state index is 5.29. The Hall–Kier alpha value is -1.31. The Labute approximate surface area is 79.3 Å². The van der Waals surface area contributed by atoms with E-state index in [0.717, 1.165) is 12.2 Å². The van der Waals surface area contributed by atoms with Gasteiger partial charge in [0.2, 0.25) is 0 Å². The van der Waals surface area contributed by atoms with Gasteiger partial charge in [-0.15, -0.1) is 0 Å². The molecule has 2 heteroatoms. The third-order valence-electron chi connectivity index (χ3n) is 1.84. The van der Waals surface area contributed by atoms with Crippen molar-refractivity contribution in [2.24, 2.45) is 4.99 Å². The quantitative estimate of drug-likeness (QED) is 0.512. The molecule has 0 fully saturated rings. The summed E-state index contributed by atoms with van der Waals surface area (Å²) in [5, 5.41) is 0. The largest absolute Gasteiger partial charge is 0.446 e. The lowest BCUT2D eigenvalue weighted by atomic mass is 10.3. The lowest BCUT2D eigenvalue weighted by molar-refractivity contribution is 0.560. The summed E-state index contributed by atoms with van der Waals surface area (Å²) in [4.78, 5) is 4.19. The summed E-state index contributed by atoms with van der Waals surface area (Å²) < 4.78 is 5.29. The number of aliphatic imine (C=N–C) groups is 1. The molecule has 1 rings (SSSR count). The second kappa shape index (κ2) is 5.36. The highest BCUT2D eigenvalue weighted by molar-refractivity contribution is 5.51. The first-order chi connectivity index (χ1) is 6.33. The van der Waals surface area contributed by atoms with Crippen molar-refractivity contribution in [1.82, 2.24) is 0 Å². The SMILES string of the molecule is CCC(C)N=COc1ccccc1. The molecule has 0 saturated carbocycles. The molecule has 0 spiro atoms. The predicted octanol–water partition coefficient (Wildman–Crippen LogP) is 2.89. The van der Waals surface area contributed by atoms with Crippen LogP contribution in [0.15, 0.2) is 35.3 Å². The Balaban J connectivity index is 2.39. The molecule has 0 saturated heterocycles. The van der Waals surface area contributed by atoms with Gasteiger partial charge in [-0.1, -0.05) is 25.1 Å². The number of nitrogens with zero attached hydrogens (tertiary/aromatic N) is 1. The molecule has 0 aliphatic carbocycles. The van der Waals surface area contributed by atoms with Crippen LogP contribution in [-0.2, 0) is 0 Å². The van der Waals surface area contributed by atoms with E-state index < -0.39 is 0 Å². The molecule has 0 radical (unpaired) electrons. The van der Waals surface area contributed by atoms with E-state index in [1.807, 2.05) is 30.3 Å². The zero-order valence-corrected chi connectivity index (χ0v) is 8.10. The van der Waals surface area contributed by atoms with E-state index in [4.69, 9.17) is 4.74 Å². The van der Waals surface area contributed by atoms with Crippen LogP contribution in [0.2, 0.25) is 0 Å². The Morgan fingerprint density at radius 3 is 2.69 bits per heavy atom. The monoisotopic (exact) mass is 177 g/mol. The molecule has 1 aromatic carbocycles. The zero-order chi connectivity index (χ0) is 9.52. The van der Waals surface area contributed by atoms with Gasteiger partial charge in [0.25, 0.3) is 0 Å². The maximum absolute atomic E-state index is 5.29. The number of benzene rings is 1. The van der Waals surface area contributed by atoms with Crippen LogP contribution in [0.3, 0.4) is 0 Å². The van der Waals surface area contributed by atoms with Crippen molar-refractivity contribution in [1.29, 1.82) is 0 Å². The topological polar surface area (TPSA) is 21.6 Å². The summed E-state index contributed by atoms with van der Waals surface area (Å²) in [6, 6.07) is 9.98. The van der Waals surface area contributed by atoms with Crippen molar-refractivity contribution in [2.45, 2.75) is 26.3 Å². The molecule has 0 aromatic heterocycles. The van der Waals surface area contributed by atoms with Gasteiger partial charge in [-0.25, -0.2) is 0 Å². The van der Waals surface area contributed by atoms with Gasteiger partial charge in [0.1, 0.15) is 5.75 Å². The van der Waals surface area contributed by atoms with Gasteiger partial charge < -0.3 is 4.74 Å². The summed E-state index contributed by atoms with van der Waals surface area (Å²) in [5.74, 6) is 0.828. The third-order valence-corrected chi connectivity index (χ3v) is 1.84. The summed E-state index contributed by atoms with van der Waals surface area (Å²) in [5.41, 5.74) is 0. The van der Waals surface area contributed by atoms with Crippen molar-refractivity contribution in [2.75, 3.05) is 0 Å². The summed E-state index contributed by atoms with van der Waals surface area (Å²) in [6.45, 7) is 4.16. The lowest BCUT2D eigenvalue weighted by Crippen LogP contribution is -1.98. The number of hydrogen-bond acceptors (Lipinski definition) is 2. The minimum absolute atomic E-state index is 0.337. The number of ether oxygens (including phenoxy) is 1. The van der Waals surface area contributed by atoms with Crippen molar-refractivity contribution in [3.63, 3.8) is 0 Å². The molecule has 0 aliphatic heterocycles. The van der Waals surface area contributed by atoms with Crippen LogP contribution >= 0.6 is 0 Å². The highest BCUT2D eigenvalue weighted by atomic mass is 16.5. The van der Waals surface area contributed by atoms with Crippen molar-refractivity contribution in [3.05, 3.63) is 30.3 Å². The smallest absolute Gasteiger partial charge is 0.176 e. The fourth-order valence-electron chi connectivity index (χ4n) is 0.800. The number of rotatable bonds is 4. The fourth-order valence-corrected chi connectivity index (χ4v) is 0.800. The molecule has 1 atom stereocenters. The number of para-hydroxylation sites is 1. The van der Waals surface area contributed by atoms with E-state index in [9.17, 15) is 0 Å². The van der Waals surface area contributed by atoms with E-state index in [0.29, 0.717) is 6.04 Å². The number of hydrogen-bond donors (Lipinski definition) is 0. The standard InChI is InChI=1S/C11H15NO/c1-3-10(2)12-9-13-11-7-5-4-6-8-11/h4-10H,3H2,1-2H3. The van der Waals surface area contributed by atoms with Crippen molar-refractivity contribution < 1.29 is 4.74 Å². The fraction of sp³-hybridized carbons (Fsp3) is 0.364. The first-order valence-electron chi connectivity index (χ1n) is 4.56. The van der Waals surface area contributed by atoms with Gasteiger partial charge in [0.05, 0.1) is 6.04 Å². The van der Waals surface area contributed by atoms with E-state index in [2.05, 4.69) is 18.8 Å². The summed E-state index contributed by atoms with van der Waals surface area (Å²) >= 11 is 0. The van der Waals surface area contributed by atoms with E-state index >= 15 is 0 Å². The summed E-state index contributed by atoms with van der Waals surface area (Å²) in [6.07, 6.45) is 2.55. The van der Waals surface area contributed by atoms with Crippen LogP contribution < -0.4 is 4.74 Å². The predicted molar refractivity (Wildman–Crippen MR) is 55.3 cm³/mol. The Morgan fingerprint density at radius 1 is 1.38 bits per heavy atom. The molecule has 1 unspecified atom stereocenters. The van der Waals surface area contributed by atoms with Crippen molar-refractivity contribution in [3.8, 4) is 5.75 Å². The molecule has 70 valence electrons. The zero-order valence-electron chi connectivity index (χ0n) is 8.10. The van der Waals surface area contributed by atoms with Crippen LogP contribution in [-0.4, -0.2) is 12.4 Å². The van der Waals surface area contributed by atoms with Crippen LogP contribution in [0, 0.1) is 0 Å². The van der Waals surface area contributed by atoms with Gasteiger partial charge in [-0.2, -0.15) is 0 Å². The minimum Gasteiger partial charge on any atom is -0.446 e. The van der Waals surface area contributed by atoms with Crippen LogP contribution in [0.25, 0.3) is 0 Å². The molecular formula is C11H15NO. The molecule has 0 bridgehead atoms. The van der Waals surface area contributed by atoms with E-state index in [-0.39, 0.29) is 0 Å². The lowest BCUT2D eigenvalue weighted by Gasteiger charge is -2.01. The molecule has 0 aliphatic rings. The average molecular weight is 177 g/mol. The van der Waals surface area contributed by atoms with Gasteiger partial charge >= 0.3 is 0 Å². The second-order valence-electron chi connectivity index (χ2n) is 2.94. The first kappa shape index (κ1) is 9.78. The maximum Gasteiger partial charge on any atom is 0.176 e. The molecule has 2 nitrogen and oxygen atoms in total. The van der Waals surface area contributed by atoms with Gasteiger partial charge in [0, 0.05) is 0 Å². The summed E-state index contributed by atoms with van der Waals surface area (Å²) in [7, 11) is 0. The Kier molecular flexibility index (Phi) is 4.03. The molecule has 0 amide bonds. The second-order valence-corrected chi connectivity index (χ2v) is 2.94. The highest BCUT2D eigenvalue weighted by Crippen LogP contribution is 2.06. The van der Waals surface area contributed by atoms with Crippen LogP contribution in [0.1, 0.15) is 20.3 Å². The van der Waals surface area contributed by atoms with E-state index in [1.165, 1.54) is 6.40 Å². The first-order valence-corrected chi connectivity index (χ1v) is 4.56. The van der Waals surface area contributed by atoms with Gasteiger partial charge in [-0.3, -0.25) is 4.99 Å². The minimum atomic E-state index is 0.337. The molecule has 13 heavy (non-hydrogen) atoms. The van der Waals surface area contributed by atoms with Gasteiger partial charge in [-0.05, 0) is 25.5 Å².